The summed E-state index contributed by atoms with van der Waals surface area (Å²) in [6, 6.07) is -0.202. The second kappa shape index (κ2) is 5.91. The number of esters is 1. The van der Waals surface area contributed by atoms with Crippen molar-refractivity contribution in [1.82, 2.24) is 3.53 Å². The molecule has 0 aromatic heterocycles. The van der Waals surface area contributed by atoms with Crippen molar-refractivity contribution in [2.75, 3.05) is 6.61 Å². The van der Waals surface area contributed by atoms with Gasteiger partial charge in [0.1, 0.15) is 6.04 Å². The number of hydrogen-bond donors (Lipinski definition) is 1. The molecule has 0 saturated heterocycles. The van der Waals surface area contributed by atoms with Crippen molar-refractivity contribution in [3.63, 3.8) is 0 Å². The SMILES string of the molecule is CCCOC(=O)C(C)NI. The lowest BCUT2D eigenvalue weighted by Crippen LogP contribution is -2.28. The highest BCUT2D eigenvalue weighted by Crippen LogP contribution is 1.91. The summed E-state index contributed by atoms with van der Waals surface area (Å²) in [7, 11) is 0. The molecule has 0 saturated carbocycles. The van der Waals surface area contributed by atoms with Crippen LogP contribution in [0.2, 0.25) is 0 Å². The second-order valence-corrected chi connectivity index (χ2v) is 2.62. The molecule has 0 bridgehead atoms. The lowest BCUT2D eigenvalue weighted by molar-refractivity contribution is -0.145. The number of hydrogen-bond acceptors (Lipinski definition) is 3. The lowest BCUT2D eigenvalue weighted by Gasteiger charge is -2.07. The highest BCUT2D eigenvalue weighted by Gasteiger charge is 2.10. The van der Waals surface area contributed by atoms with Gasteiger partial charge in [0.25, 0.3) is 0 Å². The second-order valence-electron chi connectivity index (χ2n) is 2.00. The molecular weight excluding hydrogens is 245 g/mol. The smallest absolute Gasteiger partial charge is 0.323 e. The summed E-state index contributed by atoms with van der Waals surface area (Å²) in [5.74, 6) is -0.184. The third kappa shape index (κ3) is 4.05. The lowest BCUT2D eigenvalue weighted by atomic mass is 10.4. The third-order valence-electron chi connectivity index (χ3n) is 0.966. The number of nitrogens with one attached hydrogen (secondary N) is 1. The zero-order valence-corrected chi connectivity index (χ0v) is 8.34. The molecule has 10 heavy (non-hydrogen) atoms. The van der Waals surface area contributed by atoms with Gasteiger partial charge in [0, 0.05) is 22.9 Å². The van der Waals surface area contributed by atoms with Gasteiger partial charge in [-0.2, -0.15) is 0 Å². The van der Waals surface area contributed by atoms with Crippen molar-refractivity contribution >= 4 is 28.8 Å². The van der Waals surface area contributed by atoms with Crippen LogP contribution in [0.15, 0.2) is 0 Å². The van der Waals surface area contributed by atoms with Crippen LogP contribution in [0.3, 0.4) is 0 Å². The van der Waals surface area contributed by atoms with Crippen LogP contribution in [-0.2, 0) is 9.53 Å². The monoisotopic (exact) mass is 257 g/mol. The molecule has 0 rings (SSSR count). The van der Waals surface area contributed by atoms with E-state index in [1.807, 2.05) is 29.8 Å². The Morgan fingerprint density at radius 3 is 2.80 bits per heavy atom. The molecule has 0 spiro atoms. The summed E-state index contributed by atoms with van der Waals surface area (Å²) in [6.45, 7) is 4.25. The molecule has 0 aromatic carbocycles. The molecule has 0 heterocycles. The summed E-state index contributed by atoms with van der Waals surface area (Å²) < 4.78 is 7.61. The van der Waals surface area contributed by atoms with Crippen molar-refractivity contribution in [1.29, 1.82) is 0 Å². The molecule has 1 N–H and O–H groups in total. The van der Waals surface area contributed by atoms with Crippen LogP contribution < -0.4 is 3.53 Å². The Labute approximate surface area is 75.0 Å². The van der Waals surface area contributed by atoms with Gasteiger partial charge in [-0.3, -0.25) is 4.79 Å². The van der Waals surface area contributed by atoms with Gasteiger partial charge >= 0.3 is 5.97 Å². The largest absolute Gasteiger partial charge is 0.465 e. The first-order chi connectivity index (χ1) is 4.72. The van der Waals surface area contributed by atoms with Crippen LogP contribution >= 0.6 is 22.9 Å². The fraction of sp³-hybridized carbons (Fsp3) is 0.833. The maximum absolute atomic E-state index is 10.8. The molecule has 0 radical (unpaired) electrons. The summed E-state index contributed by atoms with van der Waals surface area (Å²) in [6.07, 6.45) is 0.875. The first-order valence-electron chi connectivity index (χ1n) is 3.25. The Kier molecular flexibility index (Phi) is 6.00. The minimum atomic E-state index is -0.202. The van der Waals surface area contributed by atoms with E-state index < -0.39 is 0 Å². The minimum absolute atomic E-state index is 0.184. The minimum Gasteiger partial charge on any atom is -0.465 e. The Hall–Kier alpha value is 0.160. The van der Waals surface area contributed by atoms with E-state index in [1.165, 1.54) is 0 Å². The first kappa shape index (κ1) is 10.2. The van der Waals surface area contributed by atoms with Crippen LogP contribution in [0.1, 0.15) is 20.3 Å². The standard InChI is InChI=1S/C6H12INO2/c1-3-4-10-6(9)5(2)8-7/h5,8H,3-4H2,1-2H3. The Morgan fingerprint density at radius 2 is 2.40 bits per heavy atom. The van der Waals surface area contributed by atoms with Gasteiger partial charge in [-0.1, -0.05) is 6.92 Å². The fourth-order valence-corrected chi connectivity index (χ4v) is 0.626. The van der Waals surface area contributed by atoms with E-state index in [9.17, 15) is 4.79 Å². The molecule has 4 heteroatoms. The molecule has 3 nitrogen and oxygen atoms in total. The fourth-order valence-electron chi connectivity index (χ4n) is 0.372. The molecule has 1 unspecified atom stereocenters. The molecule has 0 aliphatic heterocycles. The number of halogens is 1. The summed E-state index contributed by atoms with van der Waals surface area (Å²) in [4.78, 5) is 10.8. The van der Waals surface area contributed by atoms with Crippen molar-refractivity contribution in [3.05, 3.63) is 0 Å². The maximum atomic E-state index is 10.8. The number of carbonyl (C=O) groups excluding carboxylic acids is 1. The van der Waals surface area contributed by atoms with Crippen LogP contribution in [0, 0.1) is 0 Å². The van der Waals surface area contributed by atoms with E-state index in [1.54, 1.807) is 6.92 Å². The molecule has 0 aliphatic carbocycles. The van der Waals surface area contributed by atoms with Gasteiger partial charge < -0.3 is 4.74 Å². The van der Waals surface area contributed by atoms with Gasteiger partial charge in [-0.25, -0.2) is 3.53 Å². The van der Waals surface area contributed by atoms with Crippen LogP contribution in [-0.4, -0.2) is 18.6 Å². The predicted molar refractivity (Wildman–Crippen MR) is 47.9 cm³/mol. The predicted octanol–water partition coefficient (Wildman–Crippen LogP) is 1.27. The van der Waals surface area contributed by atoms with Gasteiger partial charge in [0.2, 0.25) is 0 Å². The van der Waals surface area contributed by atoms with Gasteiger partial charge in [-0.05, 0) is 13.3 Å². The average molecular weight is 257 g/mol. The zero-order chi connectivity index (χ0) is 7.98. The van der Waals surface area contributed by atoms with Crippen molar-refractivity contribution in [2.45, 2.75) is 26.3 Å². The third-order valence-corrected chi connectivity index (χ3v) is 1.90. The first-order valence-corrected chi connectivity index (χ1v) is 4.33. The summed E-state index contributed by atoms with van der Waals surface area (Å²) in [5, 5.41) is 0. The molecule has 0 aromatic rings. The number of ether oxygens (including phenoxy) is 1. The van der Waals surface area contributed by atoms with E-state index in [2.05, 4.69) is 3.53 Å². The van der Waals surface area contributed by atoms with Crippen molar-refractivity contribution < 1.29 is 9.53 Å². The van der Waals surface area contributed by atoms with Crippen molar-refractivity contribution in [2.24, 2.45) is 0 Å². The van der Waals surface area contributed by atoms with Gasteiger partial charge in [0.15, 0.2) is 0 Å². The molecule has 60 valence electrons. The quantitative estimate of drug-likeness (QED) is 0.468. The molecule has 0 fully saturated rings. The molecule has 0 amide bonds. The van der Waals surface area contributed by atoms with E-state index in [4.69, 9.17) is 4.74 Å². The average Bonchev–Trinajstić information content (AvgIpc) is 1.98. The highest BCUT2D eigenvalue weighted by atomic mass is 127. The number of carbonyl (C=O) groups is 1. The topological polar surface area (TPSA) is 38.3 Å². The van der Waals surface area contributed by atoms with Gasteiger partial charge in [0.05, 0.1) is 6.61 Å². The summed E-state index contributed by atoms with van der Waals surface area (Å²) in [5.41, 5.74) is 0. The van der Waals surface area contributed by atoms with Gasteiger partial charge in [-0.15, -0.1) is 0 Å². The van der Waals surface area contributed by atoms with E-state index >= 15 is 0 Å². The molecular formula is C6H12INO2. The van der Waals surface area contributed by atoms with Crippen LogP contribution in [0.4, 0.5) is 0 Å². The number of rotatable bonds is 4. The Morgan fingerprint density at radius 1 is 1.80 bits per heavy atom. The van der Waals surface area contributed by atoms with E-state index in [-0.39, 0.29) is 12.0 Å². The van der Waals surface area contributed by atoms with E-state index in [0.717, 1.165) is 6.42 Å². The van der Waals surface area contributed by atoms with E-state index in [0.29, 0.717) is 6.61 Å². The Bertz CT molecular complexity index is 108. The zero-order valence-electron chi connectivity index (χ0n) is 6.19. The summed E-state index contributed by atoms with van der Waals surface area (Å²) >= 11 is 1.93. The molecule has 1 atom stereocenters. The maximum Gasteiger partial charge on any atom is 0.323 e. The normalized spacial score (nSPS) is 12.7. The molecule has 0 aliphatic rings. The van der Waals surface area contributed by atoms with Crippen LogP contribution in [0.25, 0.3) is 0 Å². The van der Waals surface area contributed by atoms with Crippen LogP contribution in [0.5, 0.6) is 0 Å². The Balaban J connectivity index is 3.42. The van der Waals surface area contributed by atoms with Crippen molar-refractivity contribution in [3.8, 4) is 0 Å². The highest BCUT2D eigenvalue weighted by molar-refractivity contribution is 14.1.